The van der Waals surface area contributed by atoms with Crippen LogP contribution in [0.2, 0.25) is 0 Å². The summed E-state index contributed by atoms with van der Waals surface area (Å²) in [6, 6.07) is 17.2. The molecule has 20 heavy (non-hydrogen) atoms. The molecule has 0 saturated carbocycles. The van der Waals surface area contributed by atoms with Gasteiger partial charge in [0.05, 0.1) is 6.04 Å². The highest BCUT2D eigenvalue weighted by molar-refractivity contribution is 5.85. The van der Waals surface area contributed by atoms with Crippen LogP contribution < -0.4 is 5.32 Å². The smallest absolute Gasteiger partial charge is 0.0595 e. The third kappa shape index (κ3) is 2.30. The molecule has 1 unspecified atom stereocenters. The number of fused-ring (bicyclic) bond motifs is 1. The summed E-state index contributed by atoms with van der Waals surface area (Å²) in [5.41, 5.74) is 3.75. The van der Waals surface area contributed by atoms with Gasteiger partial charge in [-0.15, -0.1) is 0 Å². The molecule has 2 aromatic carbocycles. The molecule has 2 heteroatoms. The van der Waals surface area contributed by atoms with Crippen LogP contribution in [0.25, 0.3) is 10.8 Å². The van der Waals surface area contributed by atoms with Crippen LogP contribution in [-0.4, -0.2) is 12.0 Å². The van der Waals surface area contributed by atoms with Crippen molar-refractivity contribution in [2.24, 2.45) is 0 Å². The minimum atomic E-state index is 0.161. The summed E-state index contributed by atoms with van der Waals surface area (Å²) in [4.78, 5) is 4.38. The Morgan fingerprint density at radius 2 is 1.70 bits per heavy atom. The molecule has 1 atom stereocenters. The average molecular weight is 262 g/mol. The van der Waals surface area contributed by atoms with Crippen LogP contribution >= 0.6 is 0 Å². The van der Waals surface area contributed by atoms with Crippen LogP contribution in [0.5, 0.6) is 0 Å². The molecular weight excluding hydrogens is 244 g/mol. The summed E-state index contributed by atoms with van der Waals surface area (Å²) in [5.74, 6) is 0. The van der Waals surface area contributed by atoms with E-state index in [1.165, 1.54) is 27.5 Å². The zero-order valence-corrected chi connectivity index (χ0v) is 11.8. The molecule has 1 N–H and O–H groups in total. The van der Waals surface area contributed by atoms with Crippen molar-refractivity contribution in [3.63, 3.8) is 0 Å². The molecule has 3 aromatic rings. The van der Waals surface area contributed by atoms with E-state index in [0.29, 0.717) is 0 Å². The Labute approximate surface area is 119 Å². The van der Waals surface area contributed by atoms with Crippen molar-refractivity contribution in [1.82, 2.24) is 10.3 Å². The van der Waals surface area contributed by atoms with Gasteiger partial charge >= 0.3 is 0 Å². The van der Waals surface area contributed by atoms with E-state index in [0.717, 1.165) is 0 Å². The van der Waals surface area contributed by atoms with Gasteiger partial charge in [0.15, 0.2) is 0 Å². The Bertz CT molecular complexity index is 712. The molecule has 0 amide bonds. The molecule has 0 fully saturated rings. The van der Waals surface area contributed by atoms with Crippen molar-refractivity contribution in [3.8, 4) is 0 Å². The van der Waals surface area contributed by atoms with Gasteiger partial charge in [-0.2, -0.15) is 0 Å². The number of nitrogens with zero attached hydrogens (tertiary/aromatic N) is 1. The van der Waals surface area contributed by atoms with Crippen LogP contribution in [-0.2, 0) is 0 Å². The molecule has 0 bridgehead atoms. The number of rotatable bonds is 3. The summed E-state index contributed by atoms with van der Waals surface area (Å²) in [5, 5.41) is 5.84. The van der Waals surface area contributed by atoms with Gasteiger partial charge in [0.1, 0.15) is 0 Å². The Hall–Kier alpha value is -2.19. The number of hydrogen-bond donors (Lipinski definition) is 1. The second kappa shape index (κ2) is 5.43. The van der Waals surface area contributed by atoms with E-state index in [9.17, 15) is 0 Å². The maximum atomic E-state index is 4.38. The van der Waals surface area contributed by atoms with E-state index >= 15 is 0 Å². The fraction of sp³-hybridized carbons (Fsp3) is 0.167. The summed E-state index contributed by atoms with van der Waals surface area (Å²) in [6.45, 7) is 2.11. The van der Waals surface area contributed by atoms with Crippen LogP contribution in [0.15, 0.2) is 60.9 Å². The zero-order valence-electron chi connectivity index (χ0n) is 11.8. The van der Waals surface area contributed by atoms with Crippen LogP contribution in [0.4, 0.5) is 0 Å². The Morgan fingerprint density at radius 3 is 2.45 bits per heavy atom. The second-order valence-electron chi connectivity index (χ2n) is 5.08. The lowest BCUT2D eigenvalue weighted by atomic mass is 9.95. The van der Waals surface area contributed by atoms with E-state index in [2.05, 4.69) is 59.7 Å². The van der Waals surface area contributed by atoms with Crippen molar-refractivity contribution in [1.29, 1.82) is 0 Å². The number of aromatic nitrogens is 1. The van der Waals surface area contributed by atoms with E-state index < -0.39 is 0 Å². The van der Waals surface area contributed by atoms with Gasteiger partial charge < -0.3 is 5.32 Å². The van der Waals surface area contributed by atoms with Crippen LogP contribution in [0.1, 0.15) is 22.7 Å². The summed E-state index contributed by atoms with van der Waals surface area (Å²) in [6.07, 6.45) is 3.88. The van der Waals surface area contributed by atoms with Crippen molar-refractivity contribution in [2.45, 2.75) is 13.0 Å². The first-order valence-corrected chi connectivity index (χ1v) is 6.86. The molecule has 100 valence electrons. The maximum absolute atomic E-state index is 4.38. The van der Waals surface area contributed by atoms with Gasteiger partial charge in [-0.1, -0.05) is 54.1 Å². The average Bonchev–Trinajstić information content (AvgIpc) is 2.50. The molecule has 0 radical (unpaired) electrons. The fourth-order valence-corrected chi connectivity index (χ4v) is 2.63. The maximum Gasteiger partial charge on any atom is 0.0595 e. The normalized spacial score (nSPS) is 12.5. The molecule has 0 aliphatic carbocycles. The molecule has 0 saturated heterocycles. The minimum Gasteiger partial charge on any atom is -0.309 e. The fourth-order valence-electron chi connectivity index (χ4n) is 2.63. The Balaban J connectivity index is 2.14. The molecule has 1 aromatic heterocycles. The molecule has 1 heterocycles. The molecule has 0 spiro atoms. The standard InChI is InChI=1S/C18H18N2/c1-13-7-9-14(10-8-13)18(19-2)17-12-20-11-15-5-3-4-6-16(15)17/h3-12,18-19H,1-2H3. The molecule has 2 nitrogen and oxygen atoms in total. The third-order valence-corrected chi connectivity index (χ3v) is 3.71. The first kappa shape index (κ1) is 12.8. The number of benzene rings is 2. The van der Waals surface area contributed by atoms with E-state index in [1.54, 1.807) is 0 Å². The number of hydrogen-bond acceptors (Lipinski definition) is 2. The highest BCUT2D eigenvalue weighted by Crippen LogP contribution is 2.27. The van der Waals surface area contributed by atoms with Gasteiger partial charge in [0.25, 0.3) is 0 Å². The van der Waals surface area contributed by atoms with E-state index in [4.69, 9.17) is 0 Å². The highest BCUT2D eigenvalue weighted by atomic mass is 14.9. The topological polar surface area (TPSA) is 24.9 Å². The number of aryl methyl sites for hydroxylation is 1. The second-order valence-corrected chi connectivity index (χ2v) is 5.08. The quantitative estimate of drug-likeness (QED) is 0.775. The highest BCUT2D eigenvalue weighted by Gasteiger charge is 2.14. The first-order valence-electron chi connectivity index (χ1n) is 6.86. The first-order chi connectivity index (χ1) is 9.79. The van der Waals surface area contributed by atoms with Crippen molar-refractivity contribution < 1.29 is 0 Å². The van der Waals surface area contributed by atoms with Crippen LogP contribution in [0, 0.1) is 6.92 Å². The van der Waals surface area contributed by atoms with E-state index in [-0.39, 0.29) is 6.04 Å². The molecule has 3 rings (SSSR count). The van der Waals surface area contributed by atoms with Gasteiger partial charge in [0.2, 0.25) is 0 Å². The van der Waals surface area contributed by atoms with Crippen molar-refractivity contribution in [2.75, 3.05) is 7.05 Å². The lowest BCUT2D eigenvalue weighted by molar-refractivity contribution is 0.694. The predicted octanol–water partition coefficient (Wildman–Crippen LogP) is 3.85. The van der Waals surface area contributed by atoms with Crippen LogP contribution in [0.3, 0.4) is 0 Å². The van der Waals surface area contributed by atoms with Crippen molar-refractivity contribution >= 4 is 10.8 Å². The summed E-state index contributed by atoms with van der Waals surface area (Å²) >= 11 is 0. The third-order valence-electron chi connectivity index (χ3n) is 3.71. The van der Waals surface area contributed by atoms with Gasteiger partial charge in [-0.3, -0.25) is 4.98 Å². The number of pyridine rings is 1. The lowest BCUT2D eigenvalue weighted by Crippen LogP contribution is -2.18. The Kier molecular flexibility index (Phi) is 3.48. The number of nitrogens with one attached hydrogen (secondary N) is 1. The van der Waals surface area contributed by atoms with Crippen molar-refractivity contribution in [3.05, 3.63) is 77.6 Å². The largest absolute Gasteiger partial charge is 0.309 e. The molecule has 0 aliphatic rings. The van der Waals surface area contributed by atoms with Gasteiger partial charge in [-0.05, 0) is 30.5 Å². The molecule has 0 aliphatic heterocycles. The summed E-state index contributed by atoms with van der Waals surface area (Å²) < 4.78 is 0. The monoisotopic (exact) mass is 262 g/mol. The summed E-state index contributed by atoms with van der Waals surface area (Å²) in [7, 11) is 1.99. The Morgan fingerprint density at radius 1 is 0.950 bits per heavy atom. The lowest BCUT2D eigenvalue weighted by Gasteiger charge is -2.19. The van der Waals surface area contributed by atoms with E-state index in [1.807, 2.05) is 25.5 Å². The minimum absolute atomic E-state index is 0.161. The van der Waals surface area contributed by atoms with Gasteiger partial charge in [-0.25, -0.2) is 0 Å². The zero-order chi connectivity index (χ0) is 13.9. The molecular formula is C18H18N2. The van der Waals surface area contributed by atoms with Gasteiger partial charge in [0, 0.05) is 17.8 Å². The predicted molar refractivity (Wildman–Crippen MR) is 83.8 cm³/mol. The SMILES string of the molecule is CNC(c1ccc(C)cc1)c1cncc2ccccc12.